The van der Waals surface area contributed by atoms with Gasteiger partial charge in [0.15, 0.2) is 0 Å². The third-order valence-corrected chi connectivity index (χ3v) is 2.94. The summed E-state index contributed by atoms with van der Waals surface area (Å²) in [4.78, 5) is 23.2. The Morgan fingerprint density at radius 3 is 3.06 bits per heavy atom. The monoisotopic (exact) mass is 248 g/mol. The number of nitrogens with one attached hydrogen (secondary N) is 1. The molecule has 96 valence electrons. The summed E-state index contributed by atoms with van der Waals surface area (Å²) >= 11 is 0. The van der Waals surface area contributed by atoms with Crippen LogP contribution in [0.3, 0.4) is 0 Å². The number of rotatable bonds is 3. The highest BCUT2D eigenvalue weighted by atomic mass is 16.5. The van der Waals surface area contributed by atoms with E-state index in [2.05, 4.69) is 5.32 Å². The van der Waals surface area contributed by atoms with Gasteiger partial charge in [-0.3, -0.25) is 9.59 Å². The van der Waals surface area contributed by atoms with Gasteiger partial charge in [-0.15, -0.1) is 0 Å². The summed E-state index contributed by atoms with van der Waals surface area (Å²) in [7, 11) is 0. The van der Waals surface area contributed by atoms with Crippen LogP contribution in [-0.2, 0) is 20.7 Å². The van der Waals surface area contributed by atoms with Crippen LogP contribution in [0.4, 0.5) is 11.4 Å². The Morgan fingerprint density at radius 2 is 2.33 bits per heavy atom. The molecule has 1 aromatic rings. The molecule has 1 aromatic carbocycles. The first-order valence-corrected chi connectivity index (χ1v) is 5.95. The van der Waals surface area contributed by atoms with Crippen molar-refractivity contribution in [2.24, 2.45) is 5.92 Å². The fraction of sp³-hybridized carbons (Fsp3) is 0.385. The van der Waals surface area contributed by atoms with Gasteiger partial charge in [0.2, 0.25) is 5.91 Å². The van der Waals surface area contributed by atoms with Crippen LogP contribution in [0.1, 0.15) is 18.9 Å². The Hall–Kier alpha value is -2.04. The second-order valence-corrected chi connectivity index (χ2v) is 4.32. The maximum Gasteiger partial charge on any atom is 0.306 e. The molecule has 5 heteroatoms. The average Bonchev–Trinajstić information content (AvgIpc) is 2.31. The Morgan fingerprint density at radius 1 is 1.56 bits per heavy atom. The van der Waals surface area contributed by atoms with Gasteiger partial charge in [-0.05, 0) is 37.1 Å². The maximum atomic E-state index is 11.8. The van der Waals surface area contributed by atoms with E-state index < -0.39 is 0 Å². The minimum Gasteiger partial charge on any atom is -0.466 e. The number of hydrogen-bond donors (Lipinski definition) is 2. The van der Waals surface area contributed by atoms with Gasteiger partial charge in [0.1, 0.15) is 0 Å². The molecule has 18 heavy (non-hydrogen) atoms. The van der Waals surface area contributed by atoms with Crippen LogP contribution in [0.25, 0.3) is 0 Å². The van der Waals surface area contributed by atoms with Gasteiger partial charge in [0.25, 0.3) is 0 Å². The minimum atomic E-state index is -0.377. The van der Waals surface area contributed by atoms with Crippen LogP contribution in [-0.4, -0.2) is 18.5 Å². The van der Waals surface area contributed by atoms with Crippen molar-refractivity contribution in [2.45, 2.75) is 19.8 Å². The number of nitrogens with two attached hydrogens (primary N) is 1. The lowest BCUT2D eigenvalue weighted by Gasteiger charge is -2.24. The van der Waals surface area contributed by atoms with Crippen LogP contribution in [0.2, 0.25) is 0 Å². The van der Waals surface area contributed by atoms with Crippen LogP contribution in [0.5, 0.6) is 0 Å². The standard InChI is InChI=1S/C13H16N2O3/c1-2-18-12(16)7-9-5-8-6-10(14)3-4-11(8)15-13(9)17/h3-4,6,9H,2,5,7,14H2,1H3,(H,15,17). The highest BCUT2D eigenvalue weighted by molar-refractivity contribution is 5.97. The van der Waals surface area contributed by atoms with Gasteiger partial charge in [0, 0.05) is 11.4 Å². The second-order valence-electron chi connectivity index (χ2n) is 4.32. The molecule has 0 saturated carbocycles. The van der Waals surface area contributed by atoms with Gasteiger partial charge in [0.05, 0.1) is 18.9 Å². The number of nitrogen functional groups attached to an aromatic ring is 1. The Kier molecular flexibility index (Phi) is 3.50. The van der Waals surface area contributed by atoms with Crippen molar-refractivity contribution in [1.82, 2.24) is 0 Å². The van der Waals surface area contributed by atoms with E-state index in [9.17, 15) is 9.59 Å². The lowest BCUT2D eigenvalue weighted by atomic mass is 9.90. The number of amides is 1. The Balaban J connectivity index is 2.12. The molecule has 1 aliphatic rings. The van der Waals surface area contributed by atoms with E-state index >= 15 is 0 Å². The zero-order valence-corrected chi connectivity index (χ0v) is 10.2. The summed E-state index contributed by atoms with van der Waals surface area (Å²) in [5.41, 5.74) is 8.09. The van der Waals surface area contributed by atoms with Gasteiger partial charge in [-0.2, -0.15) is 0 Å². The molecule has 5 nitrogen and oxygen atoms in total. The highest BCUT2D eigenvalue weighted by Crippen LogP contribution is 2.28. The van der Waals surface area contributed by atoms with Gasteiger partial charge in [-0.25, -0.2) is 0 Å². The summed E-state index contributed by atoms with van der Waals surface area (Å²) in [6, 6.07) is 5.35. The van der Waals surface area contributed by atoms with E-state index in [-0.39, 0.29) is 24.2 Å². The molecule has 1 aliphatic heterocycles. The van der Waals surface area contributed by atoms with Gasteiger partial charge >= 0.3 is 5.97 Å². The zero-order chi connectivity index (χ0) is 13.1. The molecule has 2 rings (SSSR count). The topological polar surface area (TPSA) is 81.4 Å². The normalized spacial score (nSPS) is 17.8. The number of benzene rings is 1. The summed E-state index contributed by atoms with van der Waals surface area (Å²) in [5.74, 6) is -0.858. The van der Waals surface area contributed by atoms with Crippen molar-refractivity contribution >= 4 is 23.3 Å². The number of carbonyl (C=O) groups excluding carboxylic acids is 2. The maximum absolute atomic E-state index is 11.8. The molecular formula is C13H16N2O3. The Labute approximate surface area is 105 Å². The van der Waals surface area contributed by atoms with E-state index in [1.165, 1.54) is 0 Å². The molecule has 0 fully saturated rings. The smallest absolute Gasteiger partial charge is 0.306 e. The molecular weight excluding hydrogens is 232 g/mol. The minimum absolute atomic E-state index is 0.105. The summed E-state index contributed by atoms with van der Waals surface area (Å²) in [6.07, 6.45) is 0.624. The Bertz CT molecular complexity index is 485. The average molecular weight is 248 g/mol. The van der Waals surface area contributed by atoms with Crippen molar-refractivity contribution < 1.29 is 14.3 Å². The van der Waals surface area contributed by atoms with E-state index in [1.54, 1.807) is 19.1 Å². The van der Waals surface area contributed by atoms with E-state index in [0.29, 0.717) is 18.7 Å². The molecule has 0 aromatic heterocycles. The molecule has 0 spiro atoms. The first-order chi connectivity index (χ1) is 8.60. The van der Waals surface area contributed by atoms with E-state index in [0.717, 1.165) is 11.3 Å². The SMILES string of the molecule is CCOC(=O)CC1Cc2cc(N)ccc2NC1=O. The number of anilines is 2. The van der Waals surface area contributed by atoms with E-state index in [1.807, 2.05) is 6.07 Å². The number of hydrogen-bond acceptors (Lipinski definition) is 4. The molecule has 1 atom stereocenters. The van der Waals surface area contributed by atoms with Crippen LogP contribution >= 0.6 is 0 Å². The third kappa shape index (κ3) is 2.61. The molecule has 0 bridgehead atoms. The first-order valence-electron chi connectivity index (χ1n) is 5.95. The number of fused-ring (bicyclic) bond motifs is 1. The number of esters is 1. The summed E-state index contributed by atoms with van der Waals surface area (Å²) in [5, 5.41) is 2.78. The van der Waals surface area contributed by atoms with Crippen molar-refractivity contribution in [1.29, 1.82) is 0 Å². The lowest BCUT2D eigenvalue weighted by Crippen LogP contribution is -2.32. The van der Waals surface area contributed by atoms with Gasteiger partial charge in [-0.1, -0.05) is 0 Å². The molecule has 0 aliphatic carbocycles. The van der Waals surface area contributed by atoms with Crippen LogP contribution in [0.15, 0.2) is 18.2 Å². The summed E-state index contributed by atoms with van der Waals surface area (Å²) in [6.45, 7) is 2.07. The molecule has 0 radical (unpaired) electrons. The second kappa shape index (κ2) is 5.08. The largest absolute Gasteiger partial charge is 0.466 e. The van der Waals surface area contributed by atoms with Crippen molar-refractivity contribution in [3.8, 4) is 0 Å². The molecule has 0 saturated heterocycles. The van der Waals surface area contributed by atoms with Crippen LogP contribution < -0.4 is 11.1 Å². The molecule has 1 amide bonds. The molecule has 1 heterocycles. The number of ether oxygens (including phenoxy) is 1. The highest BCUT2D eigenvalue weighted by Gasteiger charge is 2.28. The van der Waals surface area contributed by atoms with Crippen LogP contribution in [0, 0.1) is 5.92 Å². The molecule has 1 unspecified atom stereocenters. The van der Waals surface area contributed by atoms with Crippen molar-refractivity contribution in [2.75, 3.05) is 17.7 Å². The zero-order valence-electron chi connectivity index (χ0n) is 10.2. The fourth-order valence-corrected chi connectivity index (χ4v) is 2.08. The quantitative estimate of drug-likeness (QED) is 0.624. The fourth-order valence-electron chi connectivity index (χ4n) is 2.08. The third-order valence-electron chi connectivity index (χ3n) is 2.94. The first kappa shape index (κ1) is 12.4. The van der Waals surface area contributed by atoms with Gasteiger partial charge < -0.3 is 15.8 Å². The van der Waals surface area contributed by atoms with E-state index in [4.69, 9.17) is 10.5 Å². The predicted octanol–water partition coefficient (Wildman–Crippen LogP) is 1.33. The number of carbonyl (C=O) groups is 2. The molecule has 3 N–H and O–H groups in total. The predicted molar refractivity (Wildman–Crippen MR) is 67.9 cm³/mol. The lowest BCUT2D eigenvalue weighted by molar-refractivity contribution is -0.145. The van der Waals surface area contributed by atoms with Crippen molar-refractivity contribution in [3.05, 3.63) is 23.8 Å². The summed E-state index contributed by atoms with van der Waals surface area (Å²) < 4.78 is 4.86. The van der Waals surface area contributed by atoms with Crippen molar-refractivity contribution in [3.63, 3.8) is 0 Å².